The molecular formula is C31H39N7O3. The number of benzene rings is 1. The average molecular weight is 558 g/mol. The van der Waals surface area contributed by atoms with Gasteiger partial charge in [0, 0.05) is 62.0 Å². The molecule has 1 aromatic carbocycles. The molecule has 3 atom stereocenters. The van der Waals surface area contributed by atoms with Gasteiger partial charge < -0.3 is 29.4 Å². The summed E-state index contributed by atoms with van der Waals surface area (Å²) in [6, 6.07) is 8.74. The molecule has 216 valence electrons. The van der Waals surface area contributed by atoms with Crippen molar-refractivity contribution >= 4 is 17.4 Å². The molecular weight excluding hydrogens is 518 g/mol. The molecule has 2 saturated heterocycles. The van der Waals surface area contributed by atoms with Crippen LogP contribution in [-0.2, 0) is 24.1 Å². The van der Waals surface area contributed by atoms with Crippen LogP contribution in [0.3, 0.4) is 0 Å². The maximum absolute atomic E-state index is 12.5. The molecule has 3 aliphatic heterocycles. The van der Waals surface area contributed by atoms with E-state index in [4.69, 9.17) is 14.7 Å². The number of hydrogen-bond donors (Lipinski definition) is 1. The van der Waals surface area contributed by atoms with Crippen molar-refractivity contribution in [1.29, 1.82) is 5.26 Å². The van der Waals surface area contributed by atoms with Crippen molar-refractivity contribution in [2.75, 3.05) is 56.2 Å². The minimum absolute atomic E-state index is 0.140. The molecule has 4 heterocycles. The van der Waals surface area contributed by atoms with Gasteiger partial charge in [0.1, 0.15) is 18.2 Å². The van der Waals surface area contributed by atoms with Crippen molar-refractivity contribution in [3.05, 3.63) is 47.7 Å². The first-order valence-electron chi connectivity index (χ1n) is 14.8. The topological polar surface area (TPSA) is 109 Å². The van der Waals surface area contributed by atoms with Crippen LogP contribution in [0, 0.1) is 11.3 Å². The van der Waals surface area contributed by atoms with E-state index < -0.39 is 0 Å². The zero-order valence-corrected chi connectivity index (χ0v) is 23.8. The van der Waals surface area contributed by atoms with E-state index in [1.165, 1.54) is 18.1 Å². The van der Waals surface area contributed by atoms with Gasteiger partial charge in [-0.25, -0.2) is 0 Å². The van der Waals surface area contributed by atoms with Gasteiger partial charge >= 0.3 is 6.01 Å². The summed E-state index contributed by atoms with van der Waals surface area (Å²) in [4.78, 5) is 31.2. The first-order chi connectivity index (χ1) is 19.9. The Kier molecular flexibility index (Phi) is 7.71. The SMILES string of the molecule is C=CC(=O)N1CCN(c2nc(OCC3CCCN3C)nc3c2CCC(N2CCc4ccc(O)cc42)C3)CC1CC#N. The fourth-order valence-electron chi connectivity index (χ4n) is 7.02. The number of ether oxygens (including phenoxy) is 1. The molecule has 1 aromatic heterocycles. The number of likely N-dealkylation sites (tertiary alicyclic amines) is 1. The van der Waals surface area contributed by atoms with Crippen molar-refractivity contribution in [3.63, 3.8) is 0 Å². The number of hydrogen-bond acceptors (Lipinski definition) is 9. The smallest absolute Gasteiger partial charge is 0.318 e. The van der Waals surface area contributed by atoms with Crippen LogP contribution in [0.1, 0.15) is 42.5 Å². The minimum atomic E-state index is -0.230. The van der Waals surface area contributed by atoms with Crippen molar-refractivity contribution in [2.24, 2.45) is 0 Å². The number of carbonyl (C=O) groups is 1. The number of likely N-dealkylation sites (N-methyl/N-ethyl adjacent to an activating group) is 1. The number of phenolic OH excluding ortho intramolecular Hbond substituents is 1. The van der Waals surface area contributed by atoms with Gasteiger partial charge in [-0.1, -0.05) is 12.6 Å². The number of nitriles is 1. The quantitative estimate of drug-likeness (QED) is 0.514. The van der Waals surface area contributed by atoms with Gasteiger partial charge in [0.2, 0.25) is 5.91 Å². The molecule has 4 aliphatic rings. The van der Waals surface area contributed by atoms with Gasteiger partial charge in [-0.15, -0.1) is 0 Å². The lowest BCUT2D eigenvalue weighted by molar-refractivity contribution is -0.128. The van der Waals surface area contributed by atoms with E-state index in [1.807, 2.05) is 12.1 Å². The number of nitrogens with zero attached hydrogens (tertiary/aromatic N) is 7. The third-order valence-corrected chi connectivity index (χ3v) is 9.29. The predicted octanol–water partition coefficient (Wildman–Crippen LogP) is 2.69. The largest absolute Gasteiger partial charge is 0.508 e. The van der Waals surface area contributed by atoms with Gasteiger partial charge in [-0.3, -0.25) is 4.79 Å². The summed E-state index contributed by atoms with van der Waals surface area (Å²) in [6.07, 6.45) is 7.40. The van der Waals surface area contributed by atoms with Gasteiger partial charge in [0.05, 0.1) is 24.2 Å². The Balaban J connectivity index is 1.29. The normalized spacial score (nSPS) is 24.1. The van der Waals surface area contributed by atoms with E-state index in [2.05, 4.69) is 34.4 Å². The summed E-state index contributed by atoms with van der Waals surface area (Å²) in [5.74, 6) is 1.03. The number of aromatic hydroxyl groups is 1. The summed E-state index contributed by atoms with van der Waals surface area (Å²) in [5.41, 5.74) is 4.55. The molecule has 1 aliphatic carbocycles. The zero-order valence-electron chi connectivity index (χ0n) is 23.8. The van der Waals surface area contributed by atoms with Crippen LogP contribution < -0.4 is 14.5 Å². The van der Waals surface area contributed by atoms with E-state index >= 15 is 0 Å². The average Bonchev–Trinajstić information content (AvgIpc) is 3.60. The second-order valence-corrected chi connectivity index (χ2v) is 11.7. The summed E-state index contributed by atoms with van der Waals surface area (Å²) in [6.45, 7) is 7.87. The standard InChI is InChI=1S/C31H39N7O3/c1-3-29(40)38-16-15-36(19-23(38)10-12-32)30-26-9-7-22(37-14-11-21-6-8-25(39)18-28(21)37)17-27(26)33-31(34-30)41-20-24-5-4-13-35(24)2/h3,6,8,18,22-24,39H,1,4-5,7,9-11,13-17,19-20H2,2H3. The molecule has 0 spiro atoms. The Bertz CT molecular complexity index is 1360. The third-order valence-electron chi connectivity index (χ3n) is 9.29. The first kappa shape index (κ1) is 27.3. The van der Waals surface area contributed by atoms with Crippen LogP contribution in [-0.4, -0.2) is 95.3 Å². The number of anilines is 2. The molecule has 0 saturated carbocycles. The number of phenols is 1. The highest BCUT2D eigenvalue weighted by Gasteiger charge is 2.36. The molecule has 0 bridgehead atoms. The molecule has 10 heteroatoms. The lowest BCUT2D eigenvalue weighted by Gasteiger charge is -2.42. The van der Waals surface area contributed by atoms with Crippen molar-refractivity contribution in [1.82, 2.24) is 19.8 Å². The highest BCUT2D eigenvalue weighted by Crippen LogP contribution is 2.38. The van der Waals surface area contributed by atoms with E-state index in [-0.39, 0.29) is 24.4 Å². The van der Waals surface area contributed by atoms with Crippen LogP contribution in [0.15, 0.2) is 30.9 Å². The Hall–Kier alpha value is -3.84. The highest BCUT2D eigenvalue weighted by molar-refractivity contribution is 5.87. The Morgan fingerprint density at radius 2 is 2.07 bits per heavy atom. The number of rotatable bonds is 7. The Morgan fingerprint density at radius 1 is 1.20 bits per heavy atom. The molecule has 0 radical (unpaired) electrons. The summed E-state index contributed by atoms with van der Waals surface area (Å²) >= 11 is 0. The van der Waals surface area contributed by atoms with Crippen molar-refractivity contribution < 1.29 is 14.6 Å². The minimum Gasteiger partial charge on any atom is -0.508 e. The molecule has 41 heavy (non-hydrogen) atoms. The van der Waals surface area contributed by atoms with E-state index in [9.17, 15) is 15.2 Å². The molecule has 3 unspecified atom stereocenters. The zero-order chi connectivity index (χ0) is 28.5. The lowest BCUT2D eigenvalue weighted by Crippen LogP contribution is -2.55. The van der Waals surface area contributed by atoms with Crippen molar-refractivity contribution in [2.45, 2.75) is 63.1 Å². The van der Waals surface area contributed by atoms with E-state index in [0.29, 0.717) is 44.0 Å². The molecule has 1 N–H and O–H groups in total. The number of piperazine rings is 1. The van der Waals surface area contributed by atoms with Gasteiger partial charge in [-0.2, -0.15) is 15.2 Å². The maximum Gasteiger partial charge on any atom is 0.318 e. The highest BCUT2D eigenvalue weighted by atomic mass is 16.5. The van der Waals surface area contributed by atoms with Crippen molar-refractivity contribution in [3.8, 4) is 17.8 Å². The Morgan fingerprint density at radius 3 is 2.85 bits per heavy atom. The number of amides is 1. The van der Waals surface area contributed by atoms with Gasteiger partial charge in [0.25, 0.3) is 0 Å². The predicted molar refractivity (Wildman–Crippen MR) is 156 cm³/mol. The molecule has 2 fully saturated rings. The maximum atomic E-state index is 12.5. The summed E-state index contributed by atoms with van der Waals surface area (Å²) in [5, 5.41) is 19.7. The third kappa shape index (κ3) is 5.43. The molecule has 6 rings (SSSR count). The number of carbonyl (C=O) groups excluding carboxylic acids is 1. The van der Waals surface area contributed by atoms with Crippen LogP contribution >= 0.6 is 0 Å². The van der Waals surface area contributed by atoms with Gasteiger partial charge in [0.15, 0.2) is 0 Å². The summed E-state index contributed by atoms with van der Waals surface area (Å²) in [7, 11) is 2.13. The number of fused-ring (bicyclic) bond motifs is 2. The van der Waals surface area contributed by atoms with Crippen LogP contribution in [0.2, 0.25) is 0 Å². The monoisotopic (exact) mass is 557 g/mol. The second kappa shape index (κ2) is 11.6. The molecule has 2 aromatic rings. The van der Waals surface area contributed by atoms with Crippen LogP contribution in [0.25, 0.3) is 0 Å². The fraction of sp³-hybridized carbons (Fsp3) is 0.548. The van der Waals surface area contributed by atoms with Gasteiger partial charge in [-0.05, 0) is 63.4 Å². The molecule has 1 amide bonds. The number of aromatic nitrogens is 2. The van der Waals surface area contributed by atoms with E-state index in [0.717, 1.165) is 68.0 Å². The second-order valence-electron chi connectivity index (χ2n) is 11.7. The molecule has 10 nitrogen and oxygen atoms in total. The summed E-state index contributed by atoms with van der Waals surface area (Å²) < 4.78 is 6.27. The van der Waals surface area contributed by atoms with Crippen LogP contribution in [0.4, 0.5) is 11.5 Å². The van der Waals surface area contributed by atoms with Crippen LogP contribution in [0.5, 0.6) is 11.8 Å². The first-order valence-corrected chi connectivity index (χ1v) is 14.8. The lowest BCUT2D eigenvalue weighted by atomic mass is 9.90. The fourth-order valence-corrected chi connectivity index (χ4v) is 7.02. The van der Waals surface area contributed by atoms with E-state index in [1.54, 1.807) is 11.0 Å². The Labute approximate surface area is 241 Å².